The van der Waals surface area contributed by atoms with Gasteiger partial charge in [0.2, 0.25) is 0 Å². The second kappa shape index (κ2) is 4.34. The lowest BCUT2D eigenvalue weighted by Crippen LogP contribution is -2.37. The molecule has 1 aliphatic carbocycles. The van der Waals surface area contributed by atoms with E-state index in [2.05, 4.69) is 27.4 Å². The molecule has 0 radical (unpaired) electrons. The van der Waals surface area contributed by atoms with Gasteiger partial charge >= 0.3 is 0 Å². The molecule has 15 heavy (non-hydrogen) atoms. The first-order valence-electron chi connectivity index (χ1n) is 5.72. The highest BCUT2D eigenvalue weighted by Gasteiger charge is 2.40. The standard InChI is InChI=1S/C14H22O/c1-6-7-12(15)13-11(3)8-10(2)9-14(13,4)5/h6-7,10,13H,3,8-9H2,1-2,4-5H3/b7-6+/t10-,13+/m0/s1. The molecule has 0 N–H and O–H groups in total. The van der Waals surface area contributed by atoms with Crippen molar-refractivity contribution in [2.24, 2.45) is 17.3 Å². The summed E-state index contributed by atoms with van der Waals surface area (Å²) >= 11 is 0. The normalized spacial score (nSPS) is 30.8. The Bertz CT molecular complexity index is 296. The van der Waals surface area contributed by atoms with E-state index in [9.17, 15) is 4.79 Å². The van der Waals surface area contributed by atoms with Gasteiger partial charge in [-0.2, -0.15) is 0 Å². The highest BCUT2D eigenvalue weighted by atomic mass is 16.1. The molecule has 1 aliphatic rings. The maximum Gasteiger partial charge on any atom is 0.162 e. The molecule has 1 rings (SSSR count). The molecule has 0 heterocycles. The van der Waals surface area contributed by atoms with E-state index in [4.69, 9.17) is 0 Å². The minimum atomic E-state index is 0.0184. The van der Waals surface area contributed by atoms with Gasteiger partial charge in [-0.3, -0.25) is 4.79 Å². The summed E-state index contributed by atoms with van der Waals surface area (Å²) in [4.78, 5) is 12.0. The van der Waals surface area contributed by atoms with E-state index in [1.807, 2.05) is 13.0 Å². The summed E-state index contributed by atoms with van der Waals surface area (Å²) in [5.41, 5.74) is 1.17. The van der Waals surface area contributed by atoms with Crippen LogP contribution in [-0.4, -0.2) is 5.78 Å². The Labute approximate surface area is 93.3 Å². The van der Waals surface area contributed by atoms with Crippen molar-refractivity contribution in [2.75, 3.05) is 0 Å². The average Bonchev–Trinajstić information content (AvgIpc) is 1.99. The van der Waals surface area contributed by atoms with Crippen molar-refractivity contribution in [3.63, 3.8) is 0 Å². The Hall–Kier alpha value is -0.850. The van der Waals surface area contributed by atoms with Gasteiger partial charge in [0.1, 0.15) is 0 Å². The number of rotatable bonds is 2. The van der Waals surface area contributed by atoms with Gasteiger partial charge in [-0.1, -0.05) is 39.0 Å². The Morgan fingerprint density at radius 3 is 2.60 bits per heavy atom. The molecule has 0 aliphatic heterocycles. The molecule has 2 atom stereocenters. The smallest absolute Gasteiger partial charge is 0.162 e. The number of allylic oxidation sites excluding steroid dienone is 3. The third kappa shape index (κ3) is 2.58. The van der Waals surface area contributed by atoms with Gasteiger partial charge in [-0.25, -0.2) is 0 Å². The maximum atomic E-state index is 12.0. The van der Waals surface area contributed by atoms with E-state index >= 15 is 0 Å². The molecule has 1 fully saturated rings. The average molecular weight is 206 g/mol. The van der Waals surface area contributed by atoms with Crippen LogP contribution in [0.4, 0.5) is 0 Å². The highest BCUT2D eigenvalue weighted by Crippen LogP contribution is 2.46. The van der Waals surface area contributed by atoms with Crippen LogP contribution in [0.5, 0.6) is 0 Å². The molecule has 1 nitrogen and oxygen atoms in total. The third-order valence-corrected chi connectivity index (χ3v) is 3.29. The first kappa shape index (κ1) is 12.2. The third-order valence-electron chi connectivity index (χ3n) is 3.29. The molecule has 0 unspecified atom stereocenters. The van der Waals surface area contributed by atoms with E-state index < -0.39 is 0 Å². The summed E-state index contributed by atoms with van der Waals surface area (Å²) in [6.45, 7) is 12.6. The van der Waals surface area contributed by atoms with E-state index in [0.29, 0.717) is 5.92 Å². The number of hydrogen-bond donors (Lipinski definition) is 0. The minimum Gasteiger partial charge on any atom is -0.294 e. The van der Waals surface area contributed by atoms with Gasteiger partial charge in [0, 0.05) is 5.92 Å². The second-order valence-corrected chi connectivity index (χ2v) is 5.50. The lowest BCUT2D eigenvalue weighted by Gasteiger charge is -2.41. The first-order chi connectivity index (χ1) is 6.88. The molecular formula is C14H22O. The summed E-state index contributed by atoms with van der Waals surface area (Å²) in [6, 6.07) is 0. The quantitative estimate of drug-likeness (QED) is 0.496. The van der Waals surface area contributed by atoms with Crippen molar-refractivity contribution < 1.29 is 4.79 Å². The molecule has 0 aromatic carbocycles. The van der Waals surface area contributed by atoms with Crippen molar-refractivity contribution in [3.8, 4) is 0 Å². The second-order valence-electron chi connectivity index (χ2n) is 5.50. The number of hydrogen-bond acceptors (Lipinski definition) is 1. The molecule has 1 heteroatoms. The summed E-state index contributed by atoms with van der Waals surface area (Å²) in [5.74, 6) is 0.895. The zero-order valence-electron chi connectivity index (χ0n) is 10.3. The van der Waals surface area contributed by atoms with Gasteiger partial charge in [-0.05, 0) is 37.2 Å². The van der Waals surface area contributed by atoms with Crippen LogP contribution in [0.15, 0.2) is 24.3 Å². The van der Waals surface area contributed by atoms with Crippen LogP contribution in [0.1, 0.15) is 40.5 Å². The van der Waals surface area contributed by atoms with Crippen LogP contribution in [0, 0.1) is 17.3 Å². The highest BCUT2D eigenvalue weighted by molar-refractivity contribution is 5.94. The molecule has 0 amide bonds. The summed E-state index contributed by atoms with van der Waals surface area (Å²) < 4.78 is 0. The molecule has 84 valence electrons. The van der Waals surface area contributed by atoms with E-state index in [1.165, 1.54) is 0 Å². The van der Waals surface area contributed by atoms with Crippen molar-refractivity contribution >= 4 is 5.78 Å². The van der Waals surface area contributed by atoms with Crippen molar-refractivity contribution in [2.45, 2.75) is 40.5 Å². The minimum absolute atomic E-state index is 0.0184. The van der Waals surface area contributed by atoms with Gasteiger partial charge in [0.05, 0.1) is 0 Å². The van der Waals surface area contributed by atoms with Gasteiger partial charge in [-0.15, -0.1) is 0 Å². The van der Waals surface area contributed by atoms with E-state index in [1.54, 1.807) is 6.08 Å². The molecule has 0 aromatic heterocycles. The Morgan fingerprint density at radius 1 is 1.53 bits per heavy atom. The zero-order valence-corrected chi connectivity index (χ0v) is 10.3. The number of carbonyl (C=O) groups is 1. The Kier molecular flexibility index (Phi) is 3.54. The Morgan fingerprint density at radius 2 is 2.13 bits per heavy atom. The fraction of sp³-hybridized carbons (Fsp3) is 0.643. The monoisotopic (exact) mass is 206 g/mol. The lowest BCUT2D eigenvalue weighted by atomic mass is 9.62. The fourth-order valence-corrected chi connectivity index (χ4v) is 3.05. The lowest BCUT2D eigenvalue weighted by molar-refractivity contribution is -0.121. The summed E-state index contributed by atoms with van der Waals surface area (Å²) in [7, 11) is 0. The van der Waals surface area contributed by atoms with Crippen LogP contribution in [0.2, 0.25) is 0 Å². The zero-order chi connectivity index (χ0) is 11.6. The van der Waals surface area contributed by atoms with Crippen LogP contribution in [0.25, 0.3) is 0 Å². The molecule has 0 bridgehead atoms. The van der Waals surface area contributed by atoms with Crippen molar-refractivity contribution in [3.05, 3.63) is 24.3 Å². The molecule has 0 saturated heterocycles. The molecular weight excluding hydrogens is 184 g/mol. The van der Waals surface area contributed by atoms with Gasteiger partial charge in [0.15, 0.2) is 5.78 Å². The van der Waals surface area contributed by atoms with Crippen LogP contribution in [-0.2, 0) is 4.79 Å². The summed E-state index contributed by atoms with van der Waals surface area (Å²) in [5, 5.41) is 0. The van der Waals surface area contributed by atoms with Crippen LogP contribution < -0.4 is 0 Å². The topological polar surface area (TPSA) is 17.1 Å². The number of carbonyl (C=O) groups excluding carboxylic acids is 1. The molecule has 1 saturated carbocycles. The maximum absolute atomic E-state index is 12.0. The van der Waals surface area contributed by atoms with E-state index in [-0.39, 0.29) is 17.1 Å². The van der Waals surface area contributed by atoms with Crippen LogP contribution >= 0.6 is 0 Å². The Balaban J connectivity index is 2.94. The van der Waals surface area contributed by atoms with Crippen molar-refractivity contribution in [1.82, 2.24) is 0 Å². The number of ketones is 1. The SMILES string of the molecule is C=C1C[C@H](C)CC(C)(C)[C@H]1C(=O)/C=C/C. The predicted molar refractivity (Wildman–Crippen MR) is 64.6 cm³/mol. The largest absolute Gasteiger partial charge is 0.294 e. The first-order valence-corrected chi connectivity index (χ1v) is 5.72. The predicted octanol–water partition coefficient (Wildman–Crippen LogP) is 3.76. The van der Waals surface area contributed by atoms with Crippen LogP contribution in [0.3, 0.4) is 0 Å². The molecule has 0 spiro atoms. The fourth-order valence-electron chi connectivity index (χ4n) is 3.05. The van der Waals surface area contributed by atoms with Gasteiger partial charge < -0.3 is 0 Å². The van der Waals surface area contributed by atoms with Crippen molar-refractivity contribution in [1.29, 1.82) is 0 Å². The van der Waals surface area contributed by atoms with E-state index in [0.717, 1.165) is 18.4 Å². The summed E-state index contributed by atoms with van der Waals surface area (Å²) in [6.07, 6.45) is 5.62. The molecule has 0 aromatic rings. The van der Waals surface area contributed by atoms with Gasteiger partial charge in [0.25, 0.3) is 0 Å².